The van der Waals surface area contributed by atoms with E-state index >= 15 is 0 Å². The molecule has 2 aromatic carbocycles. The molecule has 0 bridgehead atoms. The summed E-state index contributed by atoms with van der Waals surface area (Å²) in [5.74, 6) is 0.152. The first kappa shape index (κ1) is 15.0. The second kappa shape index (κ2) is 6.05. The minimum atomic E-state index is 0.0578. The number of anilines is 1. The van der Waals surface area contributed by atoms with Gasteiger partial charge in [0.05, 0.1) is 6.42 Å². The van der Waals surface area contributed by atoms with Gasteiger partial charge in [0.1, 0.15) is 0 Å². The van der Waals surface area contributed by atoms with Crippen molar-refractivity contribution in [2.75, 3.05) is 11.4 Å². The summed E-state index contributed by atoms with van der Waals surface area (Å²) in [4.78, 5) is 25.8. The van der Waals surface area contributed by atoms with Gasteiger partial charge in [-0.25, -0.2) is 0 Å². The lowest BCUT2D eigenvalue weighted by atomic mass is 10.1. The van der Waals surface area contributed by atoms with Crippen molar-refractivity contribution in [1.82, 2.24) is 0 Å². The molecule has 2 aromatic rings. The Kier molecular flexibility index (Phi) is 4.12. The van der Waals surface area contributed by atoms with Crippen molar-refractivity contribution in [2.45, 2.75) is 19.8 Å². The number of nitrogens with zero attached hydrogens (tertiary/aromatic N) is 1. The van der Waals surface area contributed by atoms with Gasteiger partial charge in [-0.3, -0.25) is 9.59 Å². The van der Waals surface area contributed by atoms with E-state index in [-0.39, 0.29) is 11.7 Å². The van der Waals surface area contributed by atoms with Gasteiger partial charge in [0.2, 0.25) is 5.91 Å². The summed E-state index contributed by atoms with van der Waals surface area (Å²) in [7, 11) is 0. The van der Waals surface area contributed by atoms with Crippen LogP contribution >= 0.6 is 15.9 Å². The number of hydrogen-bond acceptors (Lipinski definition) is 2. The molecular weight excluding hydrogens is 342 g/mol. The van der Waals surface area contributed by atoms with E-state index in [1.54, 1.807) is 13.0 Å². The number of ketones is 1. The molecule has 0 atom stereocenters. The fraction of sp³-hybridized carbons (Fsp3) is 0.222. The first-order chi connectivity index (χ1) is 10.5. The Morgan fingerprint density at radius 2 is 1.86 bits per heavy atom. The monoisotopic (exact) mass is 357 g/mol. The zero-order valence-electron chi connectivity index (χ0n) is 12.3. The third-order valence-corrected chi connectivity index (χ3v) is 4.48. The normalized spacial score (nSPS) is 13.1. The second-order valence-corrected chi connectivity index (χ2v) is 6.41. The van der Waals surface area contributed by atoms with Crippen LogP contribution in [0.2, 0.25) is 0 Å². The highest BCUT2D eigenvalue weighted by Crippen LogP contribution is 2.29. The van der Waals surface area contributed by atoms with E-state index in [9.17, 15) is 9.59 Å². The highest BCUT2D eigenvalue weighted by Gasteiger charge is 2.25. The van der Waals surface area contributed by atoms with Crippen LogP contribution < -0.4 is 4.90 Å². The molecule has 1 aliphatic heterocycles. The molecule has 112 valence electrons. The van der Waals surface area contributed by atoms with Crippen molar-refractivity contribution in [3.8, 4) is 0 Å². The molecule has 1 heterocycles. The van der Waals surface area contributed by atoms with E-state index in [1.807, 2.05) is 41.3 Å². The number of halogens is 1. The molecule has 3 rings (SSSR count). The molecule has 0 spiro atoms. The smallest absolute Gasteiger partial charge is 0.231 e. The molecule has 0 N–H and O–H groups in total. The SMILES string of the molecule is CC(=O)c1ccc2c(c1)CCN2C(=O)Cc1ccc(Br)cc1. The summed E-state index contributed by atoms with van der Waals surface area (Å²) in [6.07, 6.45) is 1.20. The maximum atomic E-state index is 12.5. The summed E-state index contributed by atoms with van der Waals surface area (Å²) >= 11 is 3.39. The molecular formula is C18H16BrNO2. The van der Waals surface area contributed by atoms with Crippen molar-refractivity contribution in [3.63, 3.8) is 0 Å². The van der Waals surface area contributed by atoms with Crippen LogP contribution in [0.15, 0.2) is 46.9 Å². The molecule has 1 amide bonds. The summed E-state index contributed by atoms with van der Waals surface area (Å²) in [5, 5.41) is 0. The average molecular weight is 358 g/mol. The maximum absolute atomic E-state index is 12.5. The van der Waals surface area contributed by atoms with E-state index in [0.717, 1.165) is 27.7 Å². The lowest BCUT2D eigenvalue weighted by Gasteiger charge is -2.17. The van der Waals surface area contributed by atoms with Gasteiger partial charge in [0.15, 0.2) is 5.78 Å². The molecule has 0 fully saturated rings. The highest BCUT2D eigenvalue weighted by molar-refractivity contribution is 9.10. The number of fused-ring (bicyclic) bond motifs is 1. The summed E-state index contributed by atoms with van der Waals surface area (Å²) in [6.45, 7) is 2.25. The van der Waals surface area contributed by atoms with E-state index in [2.05, 4.69) is 15.9 Å². The number of carbonyl (C=O) groups is 2. The molecule has 0 saturated carbocycles. The van der Waals surface area contributed by atoms with Crippen LogP contribution in [0.3, 0.4) is 0 Å². The number of rotatable bonds is 3. The summed E-state index contributed by atoms with van der Waals surface area (Å²) in [5.41, 5.74) is 3.73. The Hall–Kier alpha value is -1.94. The lowest BCUT2D eigenvalue weighted by Crippen LogP contribution is -2.30. The zero-order valence-corrected chi connectivity index (χ0v) is 13.9. The Bertz CT molecular complexity index is 737. The fourth-order valence-electron chi connectivity index (χ4n) is 2.75. The molecule has 0 radical (unpaired) electrons. The topological polar surface area (TPSA) is 37.4 Å². The molecule has 4 heteroatoms. The van der Waals surface area contributed by atoms with Crippen LogP contribution in [0.5, 0.6) is 0 Å². The van der Waals surface area contributed by atoms with Crippen LogP contribution in [0.4, 0.5) is 5.69 Å². The lowest BCUT2D eigenvalue weighted by molar-refractivity contribution is -0.117. The van der Waals surface area contributed by atoms with Gasteiger partial charge < -0.3 is 4.90 Å². The van der Waals surface area contributed by atoms with Crippen LogP contribution in [0.25, 0.3) is 0 Å². The molecule has 1 aliphatic rings. The molecule has 0 unspecified atom stereocenters. The Labute approximate surface area is 138 Å². The minimum Gasteiger partial charge on any atom is -0.312 e. The first-order valence-electron chi connectivity index (χ1n) is 7.23. The molecule has 0 saturated heterocycles. The number of Topliss-reactive ketones (excluding diaryl/α,β-unsaturated/α-hetero) is 1. The first-order valence-corrected chi connectivity index (χ1v) is 8.02. The van der Waals surface area contributed by atoms with Gasteiger partial charge in [-0.1, -0.05) is 28.1 Å². The van der Waals surface area contributed by atoms with Crippen molar-refractivity contribution in [1.29, 1.82) is 0 Å². The number of amides is 1. The summed E-state index contributed by atoms with van der Waals surface area (Å²) in [6, 6.07) is 13.4. The van der Waals surface area contributed by atoms with E-state index in [0.29, 0.717) is 18.5 Å². The quantitative estimate of drug-likeness (QED) is 0.783. The van der Waals surface area contributed by atoms with Gasteiger partial charge in [0.25, 0.3) is 0 Å². The predicted molar refractivity (Wildman–Crippen MR) is 90.3 cm³/mol. The largest absolute Gasteiger partial charge is 0.312 e. The molecule has 0 aliphatic carbocycles. The molecule has 3 nitrogen and oxygen atoms in total. The Morgan fingerprint density at radius 3 is 2.55 bits per heavy atom. The Balaban J connectivity index is 1.79. The number of benzene rings is 2. The van der Waals surface area contributed by atoms with Gasteiger partial charge in [-0.05, 0) is 54.8 Å². The maximum Gasteiger partial charge on any atom is 0.231 e. The van der Waals surface area contributed by atoms with Crippen LogP contribution in [0.1, 0.15) is 28.4 Å². The highest BCUT2D eigenvalue weighted by atomic mass is 79.9. The van der Waals surface area contributed by atoms with Crippen molar-refractivity contribution in [2.24, 2.45) is 0 Å². The van der Waals surface area contributed by atoms with Crippen molar-refractivity contribution >= 4 is 33.3 Å². The van der Waals surface area contributed by atoms with Crippen LogP contribution in [-0.2, 0) is 17.6 Å². The number of carbonyl (C=O) groups excluding carboxylic acids is 2. The van der Waals surface area contributed by atoms with Crippen LogP contribution in [-0.4, -0.2) is 18.2 Å². The van der Waals surface area contributed by atoms with Gasteiger partial charge in [-0.2, -0.15) is 0 Å². The van der Waals surface area contributed by atoms with Crippen molar-refractivity contribution < 1.29 is 9.59 Å². The van der Waals surface area contributed by atoms with Gasteiger partial charge >= 0.3 is 0 Å². The summed E-state index contributed by atoms with van der Waals surface area (Å²) < 4.78 is 1.01. The minimum absolute atomic E-state index is 0.0578. The zero-order chi connectivity index (χ0) is 15.7. The van der Waals surface area contributed by atoms with Crippen LogP contribution in [0, 0.1) is 0 Å². The fourth-order valence-corrected chi connectivity index (χ4v) is 3.02. The second-order valence-electron chi connectivity index (χ2n) is 5.50. The third-order valence-electron chi connectivity index (χ3n) is 3.95. The van der Waals surface area contributed by atoms with Gasteiger partial charge in [0, 0.05) is 22.3 Å². The molecule has 22 heavy (non-hydrogen) atoms. The third kappa shape index (κ3) is 2.97. The van der Waals surface area contributed by atoms with E-state index in [4.69, 9.17) is 0 Å². The van der Waals surface area contributed by atoms with E-state index in [1.165, 1.54) is 0 Å². The Morgan fingerprint density at radius 1 is 1.14 bits per heavy atom. The standard InChI is InChI=1S/C18H16BrNO2/c1-12(21)14-4-7-17-15(11-14)8-9-20(17)18(22)10-13-2-5-16(19)6-3-13/h2-7,11H,8-10H2,1H3. The van der Waals surface area contributed by atoms with Gasteiger partial charge in [-0.15, -0.1) is 0 Å². The van der Waals surface area contributed by atoms with E-state index < -0.39 is 0 Å². The predicted octanol–water partition coefficient (Wildman–Crippen LogP) is 3.78. The van der Waals surface area contributed by atoms with Crippen molar-refractivity contribution in [3.05, 3.63) is 63.6 Å². The average Bonchev–Trinajstić information content (AvgIpc) is 2.92. The molecule has 0 aromatic heterocycles. The number of hydrogen-bond donors (Lipinski definition) is 0.